The molecule has 2 aromatic carbocycles. The molecular formula is C30H28N6O2. The molecule has 2 aliphatic rings. The maximum Gasteiger partial charge on any atom is 0.264 e. The minimum Gasteiger partial charge on any atom is -0.457 e. The average molecular weight is 505 g/mol. The molecule has 1 aliphatic carbocycles. The van der Waals surface area contributed by atoms with Crippen LogP contribution in [0.15, 0.2) is 72.3 Å². The van der Waals surface area contributed by atoms with E-state index in [0.29, 0.717) is 24.8 Å². The molecule has 1 atom stereocenters. The van der Waals surface area contributed by atoms with E-state index in [1.54, 1.807) is 4.90 Å². The molecule has 3 N–H and O–H groups in total. The van der Waals surface area contributed by atoms with Crippen molar-refractivity contribution in [1.29, 1.82) is 5.26 Å². The molecule has 190 valence electrons. The number of nitrogens with one attached hydrogen (secondary N) is 1. The highest BCUT2D eigenvalue weighted by atomic mass is 16.5. The molecular weight excluding hydrogens is 476 g/mol. The number of hydrogen-bond donors (Lipinski definition) is 2. The monoisotopic (exact) mass is 504 g/mol. The lowest BCUT2D eigenvalue weighted by Gasteiger charge is -2.32. The van der Waals surface area contributed by atoms with Crippen LogP contribution in [0.5, 0.6) is 11.5 Å². The Morgan fingerprint density at radius 2 is 1.87 bits per heavy atom. The number of benzene rings is 2. The summed E-state index contributed by atoms with van der Waals surface area (Å²) in [4.78, 5) is 20.0. The van der Waals surface area contributed by atoms with Gasteiger partial charge in [0.15, 0.2) is 5.82 Å². The number of piperidine rings is 1. The van der Waals surface area contributed by atoms with E-state index in [9.17, 15) is 10.1 Å². The summed E-state index contributed by atoms with van der Waals surface area (Å²) < 4.78 is 5.95. The topological polar surface area (TPSA) is 121 Å². The second kappa shape index (κ2) is 10.0. The van der Waals surface area contributed by atoms with Crippen LogP contribution in [0.1, 0.15) is 37.3 Å². The van der Waals surface area contributed by atoms with E-state index in [1.807, 2.05) is 66.7 Å². The van der Waals surface area contributed by atoms with Gasteiger partial charge in [-0.2, -0.15) is 10.4 Å². The summed E-state index contributed by atoms with van der Waals surface area (Å²) in [7, 11) is 0. The Balaban J connectivity index is 1.29. The Labute approximate surface area is 220 Å². The maximum absolute atomic E-state index is 13.1. The summed E-state index contributed by atoms with van der Waals surface area (Å²) >= 11 is 0. The third kappa shape index (κ3) is 4.83. The molecule has 8 heteroatoms. The lowest BCUT2D eigenvalue weighted by Crippen LogP contribution is -2.40. The Morgan fingerprint density at radius 3 is 2.61 bits per heavy atom. The van der Waals surface area contributed by atoms with Gasteiger partial charge in [0, 0.05) is 30.3 Å². The van der Waals surface area contributed by atoms with Gasteiger partial charge >= 0.3 is 0 Å². The van der Waals surface area contributed by atoms with Crippen LogP contribution in [0.25, 0.3) is 22.2 Å². The van der Waals surface area contributed by atoms with Gasteiger partial charge in [0.25, 0.3) is 5.91 Å². The van der Waals surface area contributed by atoms with Gasteiger partial charge in [-0.05, 0) is 74.1 Å². The number of fused-ring (bicyclic) bond motifs is 1. The van der Waals surface area contributed by atoms with Crippen molar-refractivity contribution in [2.24, 2.45) is 5.92 Å². The fraction of sp³-hybridized carbons (Fsp3) is 0.267. The zero-order valence-corrected chi connectivity index (χ0v) is 20.9. The van der Waals surface area contributed by atoms with Crippen molar-refractivity contribution in [3.05, 3.63) is 78.0 Å². The van der Waals surface area contributed by atoms with Gasteiger partial charge in [0.1, 0.15) is 23.1 Å². The number of para-hydroxylation sites is 1. The standard InChI is InChI=1S/C30H28N6O2/c31-17-22(15-19-8-9-19)30(37)36-14-4-5-21(18-36)25-16-26-27(29(32)35-34-26)28(33-25)20-10-12-24(13-11-20)38-23-6-2-1-3-7-23/h1-3,6-7,10-13,15-16,19,21H,4-5,8-9,14,18H2,(H3,32,34,35). The van der Waals surface area contributed by atoms with Crippen LogP contribution < -0.4 is 10.5 Å². The fourth-order valence-electron chi connectivity index (χ4n) is 5.04. The molecule has 6 rings (SSSR count). The number of aromatic nitrogens is 3. The zero-order valence-electron chi connectivity index (χ0n) is 20.9. The molecule has 38 heavy (non-hydrogen) atoms. The second-order valence-corrected chi connectivity index (χ2v) is 9.99. The molecule has 2 fully saturated rings. The molecule has 3 heterocycles. The van der Waals surface area contributed by atoms with Gasteiger partial charge in [-0.3, -0.25) is 14.9 Å². The average Bonchev–Trinajstić information content (AvgIpc) is 3.71. The molecule has 1 saturated heterocycles. The number of rotatable bonds is 6. The number of pyridine rings is 1. The molecule has 1 unspecified atom stereocenters. The van der Waals surface area contributed by atoms with Crippen molar-refractivity contribution in [2.45, 2.75) is 31.6 Å². The molecule has 0 radical (unpaired) electrons. The number of likely N-dealkylation sites (tertiary alicyclic amines) is 1. The smallest absolute Gasteiger partial charge is 0.264 e. The molecule has 2 aromatic heterocycles. The third-order valence-corrected chi connectivity index (χ3v) is 7.20. The van der Waals surface area contributed by atoms with Crippen molar-refractivity contribution in [3.63, 3.8) is 0 Å². The maximum atomic E-state index is 13.1. The van der Waals surface area contributed by atoms with E-state index in [0.717, 1.165) is 65.0 Å². The molecule has 0 spiro atoms. The number of amides is 1. The normalized spacial score (nSPS) is 17.8. The molecule has 4 aromatic rings. The first-order valence-electron chi connectivity index (χ1n) is 13.0. The number of carbonyl (C=O) groups excluding carboxylic acids is 1. The number of nitrogen functional groups attached to an aromatic ring is 1. The number of carbonyl (C=O) groups is 1. The van der Waals surface area contributed by atoms with Crippen molar-refractivity contribution >= 4 is 22.6 Å². The minimum atomic E-state index is -0.176. The zero-order chi connectivity index (χ0) is 26.1. The first-order chi connectivity index (χ1) is 18.6. The van der Waals surface area contributed by atoms with Gasteiger partial charge in [0.05, 0.1) is 16.6 Å². The van der Waals surface area contributed by atoms with E-state index in [1.165, 1.54) is 0 Å². The Bertz CT molecular complexity index is 1550. The van der Waals surface area contributed by atoms with Gasteiger partial charge in [-0.15, -0.1) is 0 Å². The van der Waals surface area contributed by atoms with Crippen LogP contribution in [-0.2, 0) is 4.79 Å². The minimum absolute atomic E-state index is 0.0435. The van der Waals surface area contributed by atoms with Gasteiger partial charge < -0.3 is 15.4 Å². The molecule has 8 nitrogen and oxygen atoms in total. The highest BCUT2D eigenvalue weighted by Crippen LogP contribution is 2.36. The Kier molecular flexibility index (Phi) is 6.26. The largest absolute Gasteiger partial charge is 0.457 e. The predicted molar refractivity (Wildman–Crippen MR) is 145 cm³/mol. The van der Waals surface area contributed by atoms with Crippen molar-refractivity contribution in [1.82, 2.24) is 20.1 Å². The fourth-order valence-corrected chi connectivity index (χ4v) is 5.04. The number of hydrogen-bond acceptors (Lipinski definition) is 6. The van der Waals surface area contributed by atoms with Crippen LogP contribution in [0.4, 0.5) is 5.82 Å². The third-order valence-electron chi connectivity index (χ3n) is 7.20. The number of anilines is 1. The lowest BCUT2D eigenvalue weighted by molar-refractivity contribution is -0.127. The molecule has 1 amide bonds. The van der Waals surface area contributed by atoms with Gasteiger partial charge in [0.2, 0.25) is 0 Å². The highest BCUT2D eigenvalue weighted by molar-refractivity contribution is 6.00. The van der Waals surface area contributed by atoms with E-state index in [2.05, 4.69) is 16.3 Å². The summed E-state index contributed by atoms with van der Waals surface area (Å²) in [6.07, 6.45) is 5.71. The highest BCUT2D eigenvalue weighted by Gasteiger charge is 2.30. The van der Waals surface area contributed by atoms with Crippen molar-refractivity contribution < 1.29 is 9.53 Å². The summed E-state index contributed by atoms with van der Waals surface area (Å²) in [5.74, 6) is 2.12. The first-order valence-corrected chi connectivity index (χ1v) is 13.0. The number of aromatic amines is 1. The number of nitriles is 1. The predicted octanol–water partition coefficient (Wildman–Crippen LogP) is 5.57. The van der Waals surface area contributed by atoms with Crippen LogP contribution in [0.3, 0.4) is 0 Å². The van der Waals surface area contributed by atoms with Crippen LogP contribution >= 0.6 is 0 Å². The molecule has 0 bridgehead atoms. The van der Waals surface area contributed by atoms with Crippen LogP contribution in [-0.4, -0.2) is 39.1 Å². The number of allylic oxidation sites excluding steroid dienone is 1. The van der Waals surface area contributed by atoms with E-state index in [-0.39, 0.29) is 17.4 Å². The molecule has 1 saturated carbocycles. The van der Waals surface area contributed by atoms with Crippen molar-refractivity contribution in [3.8, 4) is 28.8 Å². The summed E-state index contributed by atoms with van der Waals surface area (Å²) in [5, 5.41) is 17.6. The van der Waals surface area contributed by atoms with E-state index >= 15 is 0 Å². The summed E-state index contributed by atoms with van der Waals surface area (Å²) in [5.41, 5.74) is 9.82. The van der Waals surface area contributed by atoms with Gasteiger partial charge in [-0.25, -0.2) is 0 Å². The Hall–Kier alpha value is -4.64. The second-order valence-electron chi connectivity index (χ2n) is 9.99. The van der Waals surface area contributed by atoms with Crippen LogP contribution in [0.2, 0.25) is 0 Å². The number of ether oxygens (including phenoxy) is 1. The van der Waals surface area contributed by atoms with E-state index < -0.39 is 0 Å². The summed E-state index contributed by atoms with van der Waals surface area (Å²) in [6, 6.07) is 21.5. The molecule has 1 aliphatic heterocycles. The number of H-pyrrole nitrogens is 1. The van der Waals surface area contributed by atoms with Gasteiger partial charge in [-0.1, -0.05) is 24.3 Å². The number of nitrogens with two attached hydrogens (primary N) is 1. The van der Waals surface area contributed by atoms with Crippen LogP contribution in [0, 0.1) is 17.2 Å². The van der Waals surface area contributed by atoms with E-state index in [4.69, 9.17) is 15.5 Å². The first kappa shape index (κ1) is 23.7. The number of nitrogens with zero attached hydrogens (tertiary/aromatic N) is 4. The quantitative estimate of drug-likeness (QED) is 0.262. The lowest BCUT2D eigenvalue weighted by atomic mass is 9.92. The van der Waals surface area contributed by atoms with Crippen molar-refractivity contribution in [2.75, 3.05) is 18.8 Å². The SMILES string of the molecule is N#CC(=CC1CC1)C(=O)N1CCCC(c2cc3[nH]nc(N)c3c(-c3ccc(Oc4ccccc4)cc3)n2)C1. The Morgan fingerprint density at radius 1 is 1.11 bits per heavy atom. The summed E-state index contributed by atoms with van der Waals surface area (Å²) in [6.45, 7) is 1.17.